The Bertz CT molecular complexity index is 1230. The summed E-state index contributed by atoms with van der Waals surface area (Å²) in [5.41, 5.74) is 8.92. The largest absolute Gasteiger partial charge is 0.232 e. The summed E-state index contributed by atoms with van der Waals surface area (Å²) < 4.78 is 5.62. The number of fused-ring (bicyclic) bond motifs is 3. The summed E-state index contributed by atoms with van der Waals surface area (Å²) in [5.74, 6) is 0. The van der Waals surface area contributed by atoms with E-state index in [0.717, 1.165) is 10.4 Å². The zero-order valence-electron chi connectivity index (χ0n) is 17.3. The summed E-state index contributed by atoms with van der Waals surface area (Å²) in [5, 5.41) is 5.05. The van der Waals surface area contributed by atoms with Gasteiger partial charge in [-0.2, -0.15) is 9.67 Å². The highest BCUT2D eigenvalue weighted by atomic mass is 32.1. The molecule has 0 aliphatic carbocycles. The van der Waals surface area contributed by atoms with Crippen molar-refractivity contribution in [3.63, 3.8) is 0 Å². The number of benzene rings is 1. The van der Waals surface area contributed by atoms with Crippen molar-refractivity contribution < 1.29 is 4.57 Å². The van der Waals surface area contributed by atoms with E-state index in [0.29, 0.717) is 0 Å². The molecule has 4 heterocycles. The maximum Gasteiger partial charge on any atom is 0.232 e. The molecule has 0 amide bonds. The third-order valence-electron chi connectivity index (χ3n) is 6.57. The number of nitrogens with zero attached hydrogens (tertiary/aromatic N) is 4. The minimum Gasteiger partial charge on any atom is -0.208 e. The smallest absolute Gasteiger partial charge is 0.208 e. The van der Waals surface area contributed by atoms with Gasteiger partial charge in [-0.25, -0.2) is 9.50 Å². The molecule has 0 radical (unpaired) electrons. The second-order valence-corrected chi connectivity index (χ2v) is 14.3. The van der Waals surface area contributed by atoms with Gasteiger partial charge in [-0.05, 0) is 38.0 Å². The van der Waals surface area contributed by atoms with Crippen LogP contribution in [0.5, 0.6) is 0 Å². The molecule has 1 aliphatic heterocycles. The molecule has 5 rings (SSSR count). The number of pyridine rings is 1. The topological polar surface area (TPSA) is 34.1 Å². The third kappa shape index (κ3) is 2.58. The number of rotatable bonds is 2. The molecule has 4 aromatic rings. The Labute approximate surface area is 170 Å². The molecule has 0 N–H and O–H groups in total. The van der Waals surface area contributed by atoms with Crippen LogP contribution in [0.2, 0.25) is 18.6 Å². The number of aryl methyl sites for hydroxylation is 3. The monoisotopic (exact) mass is 407 g/mol. The first-order chi connectivity index (χ1) is 13.4. The lowest BCUT2D eigenvalue weighted by molar-refractivity contribution is -0.659. The van der Waals surface area contributed by atoms with Gasteiger partial charge in [-0.15, -0.1) is 0 Å². The average molecular weight is 408 g/mol. The number of hydrogen-bond acceptors (Lipinski definition) is 3. The van der Waals surface area contributed by atoms with E-state index in [4.69, 9.17) is 10.1 Å². The molecule has 0 bridgehead atoms. The van der Waals surface area contributed by atoms with Crippen LogP contribution in [0.1, 0.15) is 29.5 Å². The van der Waals surface area contributed by atoms with Crippen LogP contribution in [0.25, 0.3) is 26.4 Å². The molecule has 4 nitrogen and oxygen atoms in total. The lowest BCUT2D eigenvalue weighted by Crippen LogP contribution is -2.44. The van der Waals surface area contributed by atoms with E-state index in [2.05, 4.69) is 67.8 Å². The predicted octanol–water partition coefficient (Wildman–Crippen LogP) is 4.44. The van der Waals surface area contributed by atoms with Crippen molar-refractivity contribution in [2.45, 2.75) is 52.2 Å². The van der Waals surface area contributed by atoms with Crippen molar-refractivity contribution in [3.8, 4) is 11.3 Å². The summed E-state index contributed by atoms with van der Waals surface area (Å²) >= 11 is 1.79. The second-order valence-electron chi connectivity index (χ2n) is 8.74. The first-order valence-corrected chi connectivity index (χ1v) is 13.9. The number of aromatic nitrogens is 4. The molecular weight excluding hydrogens is 380 g/mol. The highest BCUT2D eigenvalue weighted by molar-refractivity contribution is 7.24. The molecule has 1 saturated heterocycles. The van der Waals surface area contributed by atoms with Gasteiger partial charge in [0.2, 0.25) is 10.7 Å². The van der Waals surface area contributed by atoms with Crippen LogP contribution in [0.3, 0.4) is 0 Å². The molecule has 0 atom stereocenters. The fourth-order valence-electron chi connectivity index (χ4n) is 4.73. The van der Waals surface area contributed by atoms with Crippen LogP contribution in [-0.2, 0) is 7.05 Å². The maximum atomic E-state index is 5.05. The van der Waals surface area contributed by atoms with Crippen LogP contribution in [-0.4, -0.2) is 22.7 Å². The van der Waals surface area contributed by atoms with Gasteiger partial charge < -0.3 is 0 Å². The summed E-state index contributed by atoms with van der Waals surface area (Å²) in [7, 11) is 0.688. The first-order valence-electron chi connectivity index (χ1n) is 10.1. The van der Waals surface area contributed by atoms with Crippen molar-refractivity contribution in [2.75, 3.05) is 0 Å². The van der Waals surface area contributed by atoms with Crippen molar-refractivity contribution in [2.24, 2.45) is 7.05 Å². The van der Waals surface area contributed by atoms with E-state index in [1.807, 2.05) is 0 Å². The van der Waals surface area contributed by atoms with Crippen LogP contribution in [0.15, 0.2) is 24.4 Å². The Morgan fingerprint density at radius 3 is 2.64 bits per heavy atom. The van der Waals surface area contributed by atoms with Gasteiger partial charge in [0.1, 0.15) is 25.3 Å². The molecule has 0 saturated carbocycles. The quantitative estimate of drug-likeness (QED) is 0.364. The lowest BCUT2D eigenvalue weighted by Gasteiger charge is -2.15. The molecule has 28 heavy (non-hydrogen) atoms. The van der Waals surface area contributed by atoms with E-state index in [9.17, 15) is 0 Å². The molecule has 0 spiro atoms. The van der Waals surface area contributed by atoms with Crippen LogP contribution in [0, 0.1) is 20.8 Å². The normalized spacial score (nSPS) is 16.5. The van der Waals surface area contributed by atoms with Crippen molar-refractivity contribution in [1.29, 1.82) is 0 Å². The second kappa shape index (κ2) is 6.22. The van der Waals surface area contributed by atoms with E-state index in [1.165, 1.54) is 63.1 Å². The van der Waals surface area contributed by atoms with Gasteiger partial charge in [-0.1, -0.05) is 54.4 Å². The molecule has 1 aromatic carbocycles. The molecule has 3 aromatic heterocycles. The summed E-state index contributed by atoms with van der Waals surface area (Å²) in [6, 6.07) is 9.44. The SMILES string of the molecule is Cc1cc(C)c(C)c(-c2c3sc4nc([Si]5(C)CCCC5)nn4c3cc[n+]2C)c1. The summed E-state index contributed by atoms with van der Waals surface area (Å²) in [6.07, 6.45) is 4.86. The Balaban J connectivity index is 1.76. The fourth-order valence-corrected chi connectivity index (χ4v) is 9.43. The maximum absolute atomic E-state index is 5.05. The van der Waals surface area contributed by atoms with E-state index >= 15 is 0 Å². The van der Waals surface area contributed by atoms with Gasteiger partial charge in [0.15, 0.2) is 6.20 Å². The minimum absolute atomic E-state index is 1.04. The van der Waals surface area contributed by atoms with E-state index in [-0.39, 0.29) is 0 Å². The summed E-state index contributed by atoms with van der Waals surface area (Å²) in [6.45, 7) is 9.07. The van der Waals surface area contributed by atoms with Crippen molar-refractivity contribution in [1.82, 2.24) is 14.6 Å². The van der Waals surface area contributed by atoms with Gasteiger partial charge >= 0.3 is 0 Å². The van der Waals surface area contributed by atoms with Crippen molar-refractivity contribution in [3.05, 3.63) is 41.1 Å². The first kappa shape index (κ1) is 18.0. The van der Waals surface area contributed by atoms with Gasteiger partial charge in [0.05, 0.1) is 11.1 Å². The Morgan fingerprint density at radius 1 is 1.14 bits per heavy atom. The average Bonchev–Trinajstić information content (AvgIpc) is 3.33. The van der Waals surface area contributed by atoms with E-state index < -0.39 is 8.07 Å². The lowest BCUT2D eigenvalue weighted by atomic mass is 9.97. The van der Waals surface area contributed by atoms with Gasteiger partial charge in [0.25, 0.3) is 0 Å². The molecule has 144 valence electrons. The summed E-state index contributed by atoms with van der Waals surface area (Å²) in [4.78, 5) is 6.09. The van der Waals surface area contributed by atoms with E-state index in [1.54, 1.807) is 11.3 Å². The number of hydrogen-bond donors (Lipinski definition) is 0. The van der Waals surface area contributed by atoms with Crippen LogP contribution >= 0.6 is 11.3 Å². The number of thiazole rings is 1. The highest BCUT2D eigenvalue weighted by Gasteiger charge is 2.38. The fraction of sp³-hybridized carbons (Fsp3) is 0.409. The Morgan fingerprint density at radius 2 is 1.89 bits per heavy atom. The van der Waals surface area contributed by atoms with Gasteiger partial charge in [-0.3, -0.25) is 0 Å². The predicted molar refractivity (Wildman–Crippen MR) is 119 cm³/mol. The highest BCUT2D eigenvalue weighted by Crippen LogP contribution is 2.35. The molecular formula is C22H27N4SSi+. The minimum atomic E-state index is -1.45. The van der Waals surface area contributed by atoms with Gasteiger partial charge in [0, 0.05) is 6.07 Å². The van der Waals surface area contributed by atoms with Crippen LogP contribution in [0.4, 0.5) is 0 Å². The zero-order valence-corrected chi connectivity index (χ0v) is 19.2. The Kier molecular flexibility index (Phi) is 4.00. The van der Waals surface area contributed by atoms with Crippen molar-refractivity contribution >= 4 is 40.0 Å². The molecule has 0 unspecified atom stereocenters. The third-order valence-corrected chi connectivity index (χ3v) is 11.8. The molecule has 1 fully saturated rings. The van der Waals surface area contributed by atoms with Crippen LogP contribution < -0.4 is 10.0 Å². The molecule has 1 aliphatic rings. The zero-order chi connectivity index (χ0) is 19.6. The Hall–Kier alpha value is -2.05. The molecule has 6 heteroatoms. The standard InChI is InChI=1S/C22H27N4SSi/c1-14-12-15(2)16(3)17(13-14)19-20-18(8-9-25(19)4)26-22(27-20)23-21(24-26)28(5)10-6-7-11-28/h8-9,12-13H,6-7,10-11H2,1-5H3/q+1.